The lowest BCUT2D eigenvalue weighted by molar-refractivity contribution is -0.165. The van der Waals surface area contributed by atoms with Crippen molar-refractivity contribution in [2.75, 3.05) is 0 Å². The van der Waals surface area contributed by atoms with Crippen molar-refractivity contribution in [3.8, 4) is 0 Å². The molecule has 6 aromatic rings. The fourth-order valence-corrected chi connectivity index (χ4v) is 11.8. The van der Waals surface area contributed by atoms with Gasteiger partial charge in [-0.1, -0.05) is 106 Å². The normalized spacial score (nSPS) is 25.2. The summed E-state index contributed by atoms with van der Waals surface area (Å²) in [4.78, 5) is 51.8. The van der Waals surface area contributed by atoms with Crippen molar-refractivity contribution in [1.82, 2.24) is 0 Å². The molecule has 0 aromatic heterocycles. The Morgan fingerprint density at radius 1 is 0.574 bits per heavy atom. The SMILES string of the molecule is CCC(C)(C)C(=O)OC1CC2CC1CC2C(=O)OC(C)c1ccc2c(ccc3cccc(S)c32)c1.CCC(C)C(=O)OC1CC2CC1CC2C(=O)OC(C)c1ccc2c(ccc3ccccc32)c1. The van der Waals surface area contributed by atoms with Gasteiger partial charge in [0.15, 0.2) is 0 Å². The first-order valence-electron chi connectivity index (χ1n) is 25.0. The first-order chi connectivity index (χ1) is 32.6. The molecule has 4 saturated carbocycles. The number of hydrogen-bond acceptors (Lipinski definition) is 9. The van der Waals surface area contributed by atoms with Gasteiger partial charge in [-0.3, -0.25) is 19.2 Å². The maximum atomic E-state index is 13.1. The van der Waals surface area contributed by atoms with Crippen LogP contribution in [-0.4, -0.2) is 36.1 Å². The molecule has 0 amide bonds. The van der Waals surface area contributed by atoms with Crippen LogP contribution in [0.5, 0.6) is 0 Å². The van der Waals surface area contributed by atoms with Gasteiger partial charge < -0.3 is 18.9 Å². The number of carbonyl (C=O) groups is 4. The van der Waals surface area contributed by atoms with Crippen molar-refractivity contribution in [3.05, 3.63) is 114 Å². The first kappa shape index (κ1) is 47.6. The molecule has 0 aliphatic heterocycles. The summed E-state index contributed by atoms with van der Waals surface area (Å²) in [6, 6.07) is 35.6. The van der Waals surface area contributed by atoms with E-state index in [1.54, 1.807) is 0 Å². The molecule has 8 nitrogen and oxygen atoms in total. The second-order valence-corrected chi connectivity index (χ2v) is 21.5. The Balaban J connectivity index is 0.000000170. The van der Waals surface area contributed by atoms with E-state index in [2.05, 4.69) is 97.6 Å². The maximum absolute atomic E-state index is 13.1. The fraction of sp³-hybridized carbons (Fsp3) is 0.458. The molecule has 10 rings (SSSR count). The average molecular weight is 935 g/mol. The number of carbonyl (C=O) groups excluding carboxylic acids is 4. The van der Waals surface area contributed by atoms with Crippen LogP contribution < -0.4 is 0 Å². The van der Waals surface area contributed by atoms with Crippen LogP contribution in [0.15, 0.2) is 108 Å². The largest absolute Gasteiger partial charge is 0.462 e. The van der Waals surface area contributed by atoms with Gasteiger partial charge in [-0.2, -0.15) is 0 Å². The van der Waals surface area contributed by atoms with Crippen LogP contribution in [0.1, 0.15) is 123 Å². The third-order valence-electron chi connectivity index (χ3n) is 16.3. The average Bonchev–Trinajstić information content (AvgIpc) is 4.16. The Morgan fingerprint density at radius 2 is 1.09 bits per heavy atom. The van der Waals surface area contributed by atoms with Crippen LogP contribution in [-0.2, 0) is 38.1 Å². The summed E-state index contributed by atoms with van der Waals surface area (Å²) in [6.45, 7) is 13.7. The molecule has 4 aliphatic rings. The van der Waals surface area contributed by atoms with Gasteiger partial charge in [-0.05, 0) is 170 Å². The fourth-order valence-electron chi connectivity index (χ4n) is 11.5. The van der Waals surface area contributed by atoms with Crippen molar-refractivity contribution >= 4 is 79.6 Å². The van der Waals surface area contributed by atoms with Crippen molar-refractivity contribution in [3.63, 3.8) is 0 Å². The quantitative estimate of drug-likeness (QED) is 0.0560. The molecule has 0 spiro atoms. The van der Waals surface area contributed by atoms with Gasteiger partial charge in [0.1, 0.15) is 24.4 Å². The molecule has 0 heterocycles. The highest BCUT2D eigenvalue weighted by atomic mass is 32.1. The van der Waals surface area contributed by atoms with E-state index < -0.39 is 5.41 Å². The molecule has 11 unspecified atom stereocenters. The minimum absolute atomic E-state index is 0.0340. The Labute approximate surface area is 406 Å². The van der Waals surface area contributed by atoms with E-state index in [1.807, 2.05) is 66.7 Å². The molecule has 356 valence electrons. The molecule has 4 bridgehead atoms. The minimum Gasteiger partial charge on any atom is -0.462 e. The Kier molecular flexibility index (Phi) is 13.7. The molecule has 0 N–H and O–H groups in total. The van der Waals surface area contributed by atoms with E-state index >= 15 is 0 Å². The maximum Gasteiger partial charge on any atom is 0.311 e. The van der Waals surface area contributed by atoms with Crippen LogP contribution in [0.2, 0.25) is 0 Å². The van der Waals surface area contributed by atoms with E-state index in [0.717, 1.165) is 94.3 Å². The van der Waals surface area contributed by atoms with E-state index in [0.29, 0.717) is 0 Å². The highest BCUT2D eigenvalue weighted by molar-refractivity contribution is 7.80. The van der Waals surface area contributed by atoms with Crippen molar-refractivity contribution in [1.29, 1.82) is 0 Å². The molecular formula is C59H66O8S. The van der Waals surface area contributed by atoms with Crippen molar-refractivity contribution < 1.29 is 38.1 Å². The molecule has 4 fully saturated rings. The van der Waals surface area contributed by atoms with Gasteiger partial charge >= 0.3 is 23.9 Å². The molecular weight excluding hydrogens is 869 g/mol. The summed E-state index contributed by atoms with van der Waals surface area (Å²) in [5.74, 6) is 0.315. The molecule has 68 heavy (non-hydrogen) atoms. The van der Waals surface area contributed by atoms with Gasteiger partial charge in [0.05, 0.1) is 23.2 Å². The summed E-state index contributed by atoms with van der Waals surface area (Å²) in [5.41, 5.74) is 1.53. The van der Waals surface area contributed by atoms with Crippen LogP contribution >= 0.6 is 12.6 Å². The van der Waals surface area contributed by atoms with Gasteiger partial charge in [-0.25, -0.2) is 0 Å². The topological polar surface area (TPSA) is 105 Å². The van der Waals surface area contributed by atoms with E-state index in [9.17, 15) is 19.2 Å². The van der Waals surface area contributed by atoms with E-state index in [1.165, 1.54) is 16.2 Å². The van der Waals surface area contributed by atoms with Crippen molar-refractivity contribution in [2.45, 2.75) is 129 Å². The van der Waals surface area contributed by atoms with Gasteiger partial charge in [0, 0.05) is 10.3 Å². The van der Waals surface area contributed by atoms with Crippen molar-refractivity contribution in [2.24, 2.45) is 46.8 Å². The van der Waals surface area contributed by atoms with Gasteiger partial charge in [0.2, 0.25) is 0 Å². The number of fused-ring (bicyclic) bond motifs is 10. The van der Waals surface area contributed by atoms with Gasteiger partial charge in [0.25, 0.3) is 0 Å². The summed E-state index contributed by atoms with van der Waals surface area (Å²) < 4.78 is 23.5. The predicted molar refractivity (Wildman–Crippen MR) is 271 cm³/mol. The Morgan fingerprint density at radius 3 is 1.66 bits per heavy atom. The molecule has 0 saturated heterocycles. The molecule has 0 radical (unpaired) electrons. The number of ether oxygens (including phenoxy) is 4. The first-order valence-corrected chi connectivity index (χ1v) is 25.4. The zero-order chi connectivity index (χ0) is 48.0. The molecule has 4 aliphatic carbocycles. The number of rotatable bonds is 12. The van der Waals surface area contributed by atoms with Gasteiger partial charge in [-0.15, -0.1) is 12.6 Å². The number of hydrogen-bond donors (Lipinski definition) is 1. The Hall–Kier alpha value is -5.41. The summed E-state index contributed by atoms with van der Waals surface area (Å²) in [7, 11) is 0. The zero-order valence-corrected chi connectivity index (χ0v) is 41.4. The van der Waals surface area contributed by atoms with Crippen LogP contribution in [0.25, 0.3) is 43.1 Å². The standard InChI is InChI=1S/C30H34O4S.C29H32O4/c1-5-30(3,4)29(32)34-25-16-21-14-22(25)15-24(21)28(31)33-17(2)19-11-12-23-20(13-19)10-9-18-7-6-8-26(35)27(18)23;1-4-17(2)28(30)33-27-16-22-14-23(27)15-26(22)29(31)32-18(3)20-11-12-25-21(13-20)10-9-19-7-5-6-8-24(19)25/h6-13,17,21-22,24-25,35H,5,14-16H2,1-4H3;5-13,17-18,22-23,26-27H,4,14-16H2,1-3H3. The lowest BCUT2D eigenvalue weighted by Crippen LogP contribution is -2.35. The smallest absolute Gasteiger partial charge is 0.311 e. The zero-order valence-electron chi connectivity index (χ0n) is 40.5. The van der Waals surface area contributed by atoms with Crippen LogP contribution in [0.4, 0.5) is 0 Å². The number of benzene rings is 6. The van der Waals surface area contributed by atoms with Crippen LogP contribution in [0.3, 0.4) is 0 Å². The monoisotopic (exact) mass is 934 g/mol. The van der Waals surface area contributed by atoms with E-state index in [4.69, 9.17) is 18.9 Å². The lowest BCUT2D eigenvalue weighted by atomic mass is 9.86. The predicted octanol–water partition coefficient (Wildman–Crippen LogP) is 13.9. The number of thiol groups is 1. The third kappa shape index (κ3) is 9.49. The van der Waals surface area contributed by atoms with E-state index in [-0.39, 0.29) is 89.7 Å². The third-order valence-corrected chi connectivity index (χ3v) is 16.7. The molecule has 9 heteroatoms. The molecule has 11 atom stereocenters. The second-order valence-electron chi connectivity index (χ2n) is 21.0. The highest BCUT2D eigenvalue weighted by Gasteiger charge is 2.52. The summed E-state index contributed by atoms with van der Waals surface area (Å²) in [5, 5.41) is 9.38. The number of esters is 4. The second kappa shape index (κ2) is 19.5. The summed E-state index contributed by atoms with van der Waals surface area (Å²) in [6.07, 6.45) is 5.76. The lowest BCUT2D eigenvalue weighted by Gasteiger charge is -2.30. The summed E-state index contributed by atoms with van der Waals surface area (Å²) >= 11 is 4.66. The van der Waals surface area contributed by atoms with Crippen LogP contribution in [0, 0.1) is 46.8 Å². The minimum atomic E-state index is -0.462. The Bertz CT molecular complexity index is 2890. The molecule has 6 aromatic carbocycles. The highest BCUT2D eigenvalue weighted by Crippen LogP contribution is 2.52.